The summed E-state index contributed by atoms with van der Waals surface area (Å²) in [4.78, 5) is 15.1. The third-order valence-electron chi connectivity index (χ3n) is 2.29. The summed E-state index contributed by atoms with van der Waals surface area (Å²) in [5, 5.41) is 12.6. The van der Waals surface area contributed by atoms with Gasteiger partial charge in [-0.2, -0.15) is 0 Å². The van der Waals surface area contributed by atoms with Gasteiger partial charge in [-0.1, -0.05) is 0 Å². The Balaban J connectivity index is 2.13. The Labute approximate surface area is 98.6 Å². The zero-order valence-corrected chi connectivity index (χ0v) is 9.84. The van der Waals surface area contributed by atoms with Crippen LogP contribution in [0.15, 0.2) is 29.0 Å². The summed E-state index contributed by atoms with van der Waals surface area (Å²) in [7, 11) is 0. The number of rotatable bonds is 2. The van der Waals surface area contributed by atoms with Crippen molar-refractivity contribution in [3.8, 4) is 0 Å². The van der Waals surface area contributed by atoms with Crippen molar-refractivity contribution in [3.63, 3.8) is 0 Å². The Morgan fingerprint density at radius 1 is 1.65 bits per heavy atom. The first kappa shape index (κ1) is 11.5. The molecule has 2 heterocycles. The van der Waals surface area contributed by atoms with Crippen LogP contribution in [0, 0.1) is 0 Å². The van der Waals surface area contributed by atoms with E-state index >= 15 is 0 Å². The average molecular weight is 238 g/mol. The summed E-state index contributed by atoms with van der Waals surface area (Å²) >= 11 is 0. The standard InChI is InChI=1S/C10H14N4O3/c1-6-4-10(16)14-9(11-6)5-13(12-14)7(2)17-8(3)15/h4-5,7,12,16H,1-3H3. The van der Waals surface area contributed by atoms with Gasteiger partial charge >= 0.3 is 5.97 Å². The van der Waals surface area contributed by atoms with Crippen LogP contribution in [-0.2, 0) is 9.53 Å². The third kappa shape index (κ3) is 2.23. The number of aliphatic imine (C=N–C) groups is 1. The fourth-order valence-electron chi connectivity index (χ4n) is 1.57. The van der Waals surface area contributed by atoms with Gasteiger partial charge in [-0.05, 0) is 13.8 Å². The summed E-state index contributed by atoms with van der Waals surface area (Å²) in [6, 6.07) is 0. The van der Waals surface area contributed by atoms with Gasteiger partial charge in [-0.3, -0.25) is 9.80 Å². The summed E-state index contributed by atoms with van der Waals surface area (Å²) in [5.74, 6) is 0.213. The maximum atomic E-state index is 10.8. The molecule has 0 amide bonds. The lowest BCUT2D eigenvalue weighted by molar-refractivity contribution is -0.156. The lowest BCUT2D eigenvalue weighted by Gasteiger charge is -2.27. The lowest BCUT2D eigenvalue weighted by Crippen LogP contribution is -2.45. The number of fused-ring (bicyclic) bond motifs is 1. The molecular formula is C10H14N4O3. The fourth-order valence-corrected chi connectivity index (χ4v) is 1.57. The first-order valence-electron chi connectivity index (χ1n) is 5.17. The normalized spacial score (nSPS) is 20.3. The first-order valence-corrected chi connectivity index (χ1v) is 5.17. The molecule has 0 saturated heterocycles. The molecule has 92 valence electrons. The van der Waals surface area contributed by atoms with E-state index in [0.29, 0.717) is 11.5 Å². The highest BCUT2D eigenvalue weighted by Crippen LogP contribution is 2.22. The van der Waals surface area contributed by atoms with Crippen LogP contribution in [-0.4, -0.2) is 33.0 Å². The van der Waals surface area contributed by atoms with Gasteiger partial charge in [0.2, 0.25) is 5.88 Å². The number of hydrogen-bond donors (Lipinski definition) is 2. The molecule has 7 heteroatoms. The van der Waals surface area contributed by atoms with Crippen LogP contribution in [0.3, 0.4) is 0 Å². The molecule has 0 radical (unpaired) electrons. The number of allylic oxidation sites excluding steroid dienone is 1. The number of carbonyl (C=O) groups excluding carboxylic acids is 1. The molecule has 0 aromatic rings. The molecule has 17 heavy (non-hydrogen) atoms. The molecule has 0 aromatic heterocycles. The summed E-state index contributed by atoms with van der Waals surface area (Å²) in [6.07, 6.45) is 2.69. The van der Waals surface area contributed by atoms with Crippen LogP contribution in [0.1, 0.15) is 20.8 Å². The van der Waals surface area contributed by atoms with Crippen molar-refractivity contribution in [2.75, 3.05) is 0 Å². The van der Waals surface area contributed by atoms with Gasteiger partial charge in [-0.25, -0.2) is 10.0 Å². The molecule has 0 aromatic carbocycles. The minimum absolute atomic E-state index is 0.0428. The quantitative estimate of drug-likeness (QED) is 0.686. The van der Waals surface area contributed by atoms with Crippen LogP contribution < -0.4 is 5.53 Å². The van der Waals surface area contributed by atoms with E-state index in [1.807, 2.05) is 0 Å². The Kier molecular flexibility index (Phi) is 2.76. The van der Waals surface area contributed by atoms with Crippen molar-refractivity contribution in [2.45, 2.75) is 27.0 Å². The number of esters is 1. The van der Waals surface area contributed by atoms with Gasteiger partial charge in [0.1, 0.15) is 0 Å². The van der Waals surface area contributed by atoms with E-state index in [0.717, 1.165) is 0 Å². The minimum atomic E-state index is -0.492. The maximum absolute atomic E-state index is 10.8. The monoisotopic (exact) mass is 238 g/mol. The van der Waals surface area contributed by atoms with Gasteiger partial charge in [0.15, 0.2) is 12.0 Å². The SMILES string of the molecule is CC(=O)OC(C)N1C=C2N=C(C)C=C(O)N2N1. The van der Waals surface area contributed by atoms with Crippen LogP contribution in [0.25, 0.3) is 0 Å². The number of aliphatic hydroxyl groups excluding tert-OH is 1. The second kappa shape index (κ2) is 4.10. The van der Waals surface area contributed by atoms with E-state index in [2.05, 4.69) is 10.5 Å². The van der Waals surface area contributed by atoms with E-state index in [1.54, 1.807) is 25.1 Å². The maximum Gasteiger partial charge on any atom is 0.304 e. The average Bonchev–Trinajstić information content (AvgIpc) is 2.60. The number of nitrogens with zero attached hydrogens (tertiary/aromatic N) is 3. The zero-order chi connectivity index (χ0) is 12.6. The Bertz CT molecular complexity index is 441. The molecule has 2 aliphatic heterocycles. The van der Waals surface area contributed by atoms with Gasteiger partial charge < -0.3 is 9.84 Å². The number of ether oxygens (including phenoxy) is 1. The molecule has 7 nitrogen and oxygen atoms in total. The zero-order valence-electron chi connectivity index (χ0n) is 9.84. The topological polar surface area (TPSA) is 77.4 Å². The van der Waals surface area contributed by atoms with E-state index in [-0.39, 0.29) is 11.9 Å². The second-order valence-electron chi connectivity index (χ2n) is 3.79. The smallest absolute Gasteiger partial charge is 0.304 e. The van der Waals surface area contributed by atoms with Crippen LogP contribution in [0.5, 0.6) is 0 Å². The third-order valence-corrected chi connectivity index (χ3v) is 2.29. The number of aliphatic hydroxyl groups is 1. The summed E-state index contributed by atoms with van der Waals surface area (Å²) in [6.45, 7) is 4.83. The molecular weight excluding hydrogens is 224 g/mol. The number of carbonyl (C=O) groups is 1. The predicted octanol–water partition coefficient (Wildman–Crippen LogP) is 0.605. The molecule has 2 rings (SSSR count). The minimum Gasteiger partial charge on any atom is -0.493 e. The van der Waals surface area contributed by atoms with Crippen LogP contribution >= 0.6 is 0 Å². The largest absolute Gasteiger partial charge is 0.493 e. The van der Waals surface area contributed by atoms with E-state index in [1.165, 1.54) is 18.0 Å². The van der Waals surface area contributed by atoms with E-state index in [4.69, 9.17) is 4.74 Å². The molecule has 0 bridgehead atoms. The molecule has 1 atom stereocenters. The molecule has 0 saturated carbocycles. The van der Waals surface area contributed by atoms with E-state index in [9.17, 15) is 9.90 Å². The van der Waals surface area contributed by atoms with Crippen molar-refractivity contribution in [2.24, 2.45) is 4.99 Å². The first-order chi connectivity index (χ1) is 7.97. The van der Waals surface area contributed by atoms with Gasteiger partial charge in [0, 0.05) is 18.7 Å². The second-order valence-corrected chi connectivity index (χ2v) is 3.79. The van der Waals surface area contributed by atoms with Crippen LogP contribution in [0.4, 0.5) is 0 Å². The molecule has 2 N–H and O–H groups in total. The predicted molar refractivity (Wildman–Crippen MR) is 59.9 cm³/mol. The molecule has 0 fully saturated rings. The van der Waals surface area contributed by atoms with Gasteiger partial charge in [-0.15, -0.1) is 5.53 Å². The Morgan fingerprint density at radius 3 is 3.00 bits per heavy atom. The van der Waals surface area contributed by atoms with Crippen molar-refractivity contribution in [1.29, 1.82) is 0 Å². The number of nitrogens with one attached hydrogen (secondary N) is 1. The van der Waals surface area contributed by atoms with Crippen molar-refractivity contribution >= 4 is 11.7 Å². The number of hydrazine groups is 2. The van der Waals surface area contributed by atoms with Crippen molar-refractivity contribution in [1.82, 2.24) is 15.6 Å². The Morgan fingerprint density at radius 2 is 2.35 bits per heavy atom. The van der Waals surface area contributed by atoms with Gasteiger partial charge in [0.25, 0.3) is 0 Å². The number of hydrogen-bond acceptors (Lipinski definition) is 7. The van der Waals surface area contributed by atoms with Crippen molar-refractivity contribution < 1.29 is 14.6 Å². The van der Waals surface area contributed by atoms with E-state index < -0.39 is 6.23 Å². The highest BCUT2D eigenvalue weighted by Gasteiger charge is 2.29. The molecule has 1 unspecified atom stereocenters. The highest BCUT2D eigenvalue weighted by atomic mass is 16.6. The fraction of sp³-hybridized carbons (Fsp3) is 0.400. The summed E-state index contributed by atoms with van der Waals surface area (Å²) < 4.78 is 5.01. The molecule has 0 spiro atoms. The molecule has 0 aliphatic carbocycles. The highest BCUT2D eigenvalue weighted by molar-refractivity contribution is 5.94. The summed E-state index contributed by atoms with van der Waals surface area (Å²) in [5.41, 5.74) is 3.54. The molecule has 2 aliphatic rings. The van der Waals surface area contributed by atoms with Gasteiger partial charge in [0.05, 0.1) is 6.20 Å². The Hall–Kier alpha value is -2.02. The van der Waals surface area contributed by atoms with Crippen molar-refractivity contribution in [3.05, 3.63) is 24.0 Å². The lowest BCUT2D eigenvalue weighted by atomic mass is 10.3. The van der Waals surface area contributed by atoms with Crippen LogP contribution in [0.2, 0.25) is 0 Å².